The van der Waals surface area contributed by atoms with Gasteiger partial charge in [0.05, 0.1) is 0 Å². The van der Waals surface area contributed by atoms with Crippen LogP contribution in [-0.2, 0) is 4.79 Å². The predicted molar refractivity (Wildman–Crippen MR) is 75.6 cm³/mol. The maximum absolute atomic E-state index is 11.8. The number of urea groups is 1. The summed E-state index contributed by atoms with van der Waals surface area (Å²) in [5.41, 5.74) is 1.21. The number of carbonyl (C=O) groups excluding carboxylic acids is 1. The van der Waals surface area contributed by atoms with Crippen molar-refractivity contribution < 1.29 is 14.7 Å². The summed E-state index contributed by atoms with van der Waals surface area (Å²) in [7, 11) is 0. The third-order valence-corrected chi connectivity index (χ3v) is 3.52. The highest BCUT2D eigenvalue weighted by Crippen LogP contribution is 2.40. The SMILES string of the molecule is CCC[C@@H](NC(=O)NC1CC1c1ccccc1)C(=O)O. The molecule has 1 aliphatic rings. The van der Waals surface area contributed by atoms with E-state index in [0.29, 0.717) is 18.8 Å². The van der Waals surface area contributed by atoms with Gasteiger partial charge in [-0.2, -0.15) is 0 Å². The first-order valence-corrected chi connectivity index (χ1v) is 6.96. The maximum Gasteiger partial charge on any atom is 0.326 e. The van der Waals surface area contributed by atoms with Crippen LogP contribution in [0.15, 0.2) is 30.3 Å². The van der Waals surface area contributed by atoms with Gasteiger partial charge in [-0.3, -0.25) is 0 Å². The fourth-order valence-corrected chi connectivity index (χ4v) is 2.34. The quantitative estimate of drug-likeness (QED) is 0.744. The van der Waals surface area contributed by atoms with E-state index in [1.807, 2.05) is 37.3 Å². The number of carbonyl (C=O) groups is 2. The summed E-state index contributed by atoms with van der Waals surface area (Å²) in [5.74, 6) is -0.645. The summed E-state index contributed by atoms with van der Waals surface area (Å²) in [6, 6.07) is 8.90. The monoisotopic (exact) mass is 276 g/mol. The molecule has 0 bridgehead atoms. The second-order valence-corrected chi connectivity index (χ2v) is 5.16. The first-order chi connectivity index (χ1) is 9.61. The molecule has 1 fully saturated rings. The zero-order chi connectivity index (χ0) is 14.5. The summed E-state index contributed by atoms with van der Waals surface area (Å²) in [6.07, 6.45) is 2.06. The molecule has 0 saturated heterocycles. The Kier molecular flexibility index (Phi) is 4.61. The fraction of sp³-hybridized carbons (Fsp3) is 0.467. The minimum absolute atomic E-state index is 0.105. The zero-order valence-electron chi connectivity index (χ0n) is 11.5. The Morgan fingerprint density at radius 3 is 2.65 bits per heavy atom. The van der Waals surface area contributed by atoms with Crippen LogP contribution in [0.5, 0.6) is 0 Å². The molecule has 3 atom stereocenters. The Morgan fingerprint density at radius 1 is 1.35 bits per heavy atom. The smallest absolute Gasteiger partial charge is 0.326 e. The summed E-state index contributed by atoms with van der Waals surface area (Å²) >= 11 is 0. The van der Waals surface area contributed by atoms with Crippen LogP contribution in [0.4, 0.5) is 4.79 Å². The molecule has 1 saturated carbocycles. The summed E-state index contributed by atoms with van der Waals surface area (Å²) < 4.78 is 0. The number of hydrogen-bond acceptors (Lipinski definition) is 2. The lowest BCUT2D eigenvalue weighted by molar-refractivity contribution is -0.139. The maximum atomic E-state index is 11.8. The predicted octanol–water partition coefficient (Wildman–Crippen LogP) is 2.09. The highest BCUT2D eigenvalue weighted by Gasteiger charge is 2.39. The molecule has 3 N–H and O–H groups in total. The fourth-order valence-electron chi connectivity index (χ4n) is 2.34. The van der Waals surface area contributed by atoms with E-state index in [9.17, 15) is 9.59 Å². The van der Waals surface area contributed by atoms with E-state index in [1.165, 1.54) is 5.56 Å². The Balaban J connectivity index is 1.80. The van der Waals surface area contributed by atoms with E-state index in [-0.39, 0.29) is 6.04 Å². The van der Waals surface area contributed by atoms with Gasteiger partial charge in [-0.15, -0.1) is 0 Å². The first-order valence-electron chi connectivity index (χ1n) is 6.96. The zero-order valence-corrected chi connectivity index (χ0v) is 11.5. The van der Waals surface area contributed by atoms with Gasteiger partial charge in [0, 0.05) is 12.0 Å². The van der Waals surface area contributed by atoms with E-state index < -0.39 is 18.0 Å². The topological polar surface area (TPSA) is 78.4 Å². The van der Waals surface area contributed by atoms with Crippen molar-refractivity contribution in [2.45, 2.75) is 44.2 Å². The van der Waals surface area contributed by atoms with Crippen molar-refractivity contribution >= 4 is 12.0 Å². The van der Waals surface area contributed by atoms with E-state index >= 15 is 0 Å². The Hall–Kier alpha value is -2.04. The van der Waals surface area contributed by atoms with Crippen molar-refractivity contribution in [3.05, 3.63) is 35.9 Å². The Labute approximate surface area is 118 Å². The largest absolute Gasteiger partial charge is 0.480 e. The van der Waals surface area contributed by atoms with Crippen molar-refractivity contribution in [2.75, 3.05) is 0 Å². The van der Waals surface area contributed by atoms with Crippen LogP contribution < -0.4 is 10.6 Å². The molecule has 0 heterocycles. The highest BCUT2D eigenvalue weighted by atomic mass is 16.4. The number of aliphatic carboxylic acids is 1. The van der Waals surface area contributed by atoms with Gasteiger partial charge < -0.3 is 15.7 Å². The second-order valence-electron chi connectivity index (χ2n) is 5.16. The van der Waals surface area contributed by atoms with E-state index in [4.69, 9.17) is 5.11 Å². The van der Waals surface area contributed by atoms with Crippen molar-refractivity contribution in [3.8, 4) is 0 Å². The van der Waals surface area contributed by atoms with Gasteiger partial charge in [0.1, 0.15) is 6.04 Å². The molecule has 0 aliphatic heterocycles. The van der Waals surface area contributed by atoms with Crippen molar-refractivity contribution in [1.82, 2.24) is 10.6 Å². The summed E-state index contributed by atoms with van der Waals surface area (Å²) in [6.45, 7) is 1.89. The van der Waals surface area contributed by atoms with Crippen molar-refractivity contribution in [2.24, 2.45) is 0 Å². The van der Waals surface area contributed by atoms with Crippen LogP contribution in [-0.4, -0.2) is 29.2 Å². The van der Waals surface area contributed by atoms with Gasteiger partial charge in [-0.25, -0.2) is 9.59 Å². The molecular formula is C15H20N2O3. The van der Waals surface area contributed by atoms with Gasteiger partial charge in [0.15, 0.2) is 0 Å². The molecule has 108 valence electrons. The lowest BCUT2D eigenvalue weighted by Gasteiger charge is -2.14. The van der Waals surface area contributed by atoms with E-state index in [2.05, 4.69) is 10.6 Å². The highest BCUT2D eigenvalue weighted by molar-refractivity contribution is 5.82. The molecular weight excluding hydrogens is 256 g/mol. The van der Waals surface area contributed by atoms with Gasteiger partial charge in [-0.05, 0) is 18.4 Å². The van der Waals surface area contributed by atoms with Crippen LogP contribution in [0.3, 0.4) is 0 Å². The normalized spacial score (nSPS) is 21.9. The molecule has 0 radical (unpaired) electrons. The van der Waals surface area contributed by atoms with E-state index in [1.54, 1.807) is 0 Å². The molecule has 2 rings (SSSR count). The van der Waals surface area contributed by atoms with Crippen LogP contribution in [0.2, 0.25) is 0 Å². The van der Waals surface area contributed by atoms with Gasteiger partial charge in [0.2, 0.25) is 0 Å². The third-order valence-electron chi connectivity index (χ3n) is 3.52. The molecule has 0 spiro atoms. The third kappa shape index (κ3) is 3.73. The Morgan fingerprint density at radius 2 is 2.05 bits per heavy atom. The van der Waals surface area contributed by atoms with Crippen LogP contribution in [0.25, 0.3) is 0 Å². The number of amides is 2. The average Bonchev–Trinajstić information content (AvgIpc) is 3.18. The number of carboxylic acids is 1. The van der Waals surface area contributed by atoms with Crippen molar-refractivity contribution in [1.29, 1.82) is 0 Å². The minimum Gasteiger partial charge on any atom is -0.480 e. The molecule has 5 heteroatoms. The number of nitrogens with one attached hydrogen (secondary N) is 2. The molecule has 20 heavy (non-hydrogen) atoms. The molecule has 2 unspecified atom stereocenters. The van der Waals surface area contributed by atoms with Crippen LogP contribution >= 0.6 is 0 Å². The first kappa shape index (κ1) is 14.4. The molecule has 1 aliphatic carbocycles. The van der Waals surface area contributed by atoms with Crippen LogP contribution in [0.1, 0.15) is 37.7 Å². The number of hydrogen-bond donors (Lipinski definition) is 3. The molecule has 2 amide bonds. The lowest BCUT2D eigenvalue weighted by Crippen LogP contribution is -2.46. The van der Waals surface area contributed by atoms with Crippen molar-refractivity contribution in [3.63, 3.8) is 0 Å². The number of carboxylic acid groups (broad SMARTS) is 1. The second kappa shape index (κ2) is 6.41. The number of benzene rings is 1. The molecule has 5 nitrogen and oxygen atoms in total. The molecule has 1 aromatic rings. The lowest BCUT2D eigenvalue weighted by atomic mass is 10.1. The number of rotatable bonds is 6. The van der Waals surface area contributed by atoms with Gasteiger partial charge >= 0.3 is 12.0 Å². The average molecular weight is 276 g/mol. The van der Waals surface area contributed by atoms with Gasteiger partial charge in [0.25, 0.3) is 0 Å². The standard InChI is InChI=1S/C15H20N2O3/c1-2-6-12(14(18)19)16-15(20)17-13-9-11(13)10-7-4-3-5-8-10/h3-5,7-8,11-13H,2,6,9H2,1H3,(H,18,19)(H2,16,17,20)/t11?,12-,13?/m1/s1. The van der Waals surface area contributed by atoms with E-state index in [0.717, 1.165) is 6.42 Å². The minimum atomic E-state index is -0.989. The summed E-state index contributed by atoms with van der Waals surface area (Å²) in [4.78, 5) is 22.7. The molecule has 0 aromatic heterocycles. The van der Waals surface area contributed by atoms with Gasteiger partial charge in [-0.1, -0.05) is 43.7 Å². The van der Waals surface area contributed by atoms with Crippen LogP contribution in [0, 0.1) is 0 Å². The summed E-state index contributed by atoms with van der Waals surface area (Å²) in [5, 5.41) is 14.3. The Bertz CT molecular complexity index is 475. The molecule has 1 aromatic carbocycles.